The average molecular weight is 104 g/mol. The Hall–Kier alpha value is 0.534. The Bertz CT molecular complexity index is 6.00. The van der Waals surface area contributed by atoms with Crippen LogP contribution in [0.25, 0.3) is 0 Å². The van der Waals surface area contributed by atoms with Crippen molar-refractivity contribution in [3.05, 3.63) is 0 Å². The predicted octanol–water partition coefficient (Wildman–Crippen LogP) is -5.62. The van der Waals surface area contributed by atoms with Gasteiger partial charge in [-0.2, -0.15) is 0 Å². The molecule has 0 bridgehead atoms. The summed E-state index contributed by atoms with van der Waals surface area (Å²) in [7, 11) is 0. The molecule has 0 fully saturated rings. The van der Waals surface area contributed by atoms with Crippen LogP contribution >= 0.6 is 0 Å². The Balaban J connectivity index is 0. The smallest absolute Gasteiger partial charge is 1.00 e. The zero-order valence-electron chi connectivity index (χ0n) is 2.26. The maximum atomic E-state index is 0. The van der Waals surface area contributed by atoms with Gasteiger partial charge in [0.2, 0.25) is 0 Å². The van der Waals surface area contributed by atoms with Crippen LogP contribution in [-0.4, -0.2) is 0 Å². The van der Waals surface area contributed by atoms with E-state index < -0.39 is 0 Å². The van der Waals surface area contributed by atoms with E-state index in [9.17, 15) is 0 Å². The van der Waals surface area contributed by atoms with E-state index in [0.717, 1.165) is 0 Å². The number of hydrogen-bond donors (Lipinski definition) is 1. The minimum absolute atomic E-state index is 0. The van der Waals surface area contributed by atoms with Crippen molar-refractivity contribution >= 4 is 0 Å². The van der Waals surface area contributed by atoms with E-state index in [1.54, 1.807) is 0 Å². The van der Waals surface area contributed by atoms with Gasteiger partial charge in [0.1, 0.15) is 0 Å². The second kappa shape index (κ2) is 79.5. The maximum absolute atomic E-state index is 0. The first kappa shape index (κ1) is 198. The molecule has 4 heavy (non-hydrogen) atoms. The van der Waals surface area contributed by atoms with Gasteiger partial charge in [-0.05, 0) is 0 Å². The summed E-state index contributed by atoms with van der Waals surface area (Å²) in [6.07, 6.45) is 0. The van der Waals surface area contributed by atoms with Gasteiger partial charge in [-0.3, -0.25) is 0 Å². The molecule has 1 nitrogen and oxygen atoms in total. The number of quaternary nitrogens is 1. The van der Waals surface area contributed by atoms with Crippen LogP contribution in [0.3, 0.4) is 0 Å². The predicted molar refractivity (Wildman–Crippen MR) is 5.98 cm³/mol. The van der Waals surface area contributed by atoms with E-state index in [1.165, 1.54) is 0 Å². The fraction of sp³-hybridized carbons (Fsp3) is 0. The van der Waals surface area contributed by atoms with Gasteiger partial charge in [0.25, 0.3) is 0 Å². The SMILES string of the molecule is [F-].[F-].[NH4+].[Ti+]. The van der Waals surface area contributed by atoms with E-state index >= 15 is 0 Å². The van der Waals surface area contributed by atoms with Crippen molar-refractivity contribution in [2.24, 2.45) is 0 Å². The molecule has 0 aliphatic rings. The summed E-state index contributed by atoms with van der Waals surface area (Å²) < 4.78 is 0. The molecule has 0 aromatic rings. The first-order valence-corrected chi connectivity index (χ1v) is 0. The summed E-state index contributed by atoms with van der Waals surface area (Å²) in [5.41, 5.74) is 0. The van der Waals surface area contributed by atoms with E-state index in [4.69, 9.17) is 0 Å². The van der Waals surface area contributed by atoms with Gasteiger partial charge >= 0.3 is 21.7 Å². The van der Waals surface area contributed by atoms with Crippen LogP contribution in [-0.2, 0) is 21.7 Å². The molecule has 27 valence electrons. The van der Waals surface area contributed by atoms with Crippen molar-refractivity contribution in [3.63, 3.8) is 0 Å². The molecule has 0 rings (SSSR count). The quantitative estimate of drug-likeness (QED) is 0.297. The van der Waals surface area contributed by atoms with E-state index in [-0.39, 0.29) is 37.3 Å². The van der Waals surface area contributed by atoms with Crippen molar-refractivity contribution in [1.29, 1.82) is 0 Å². The summed E-state index contributed by atoms with van der Waals surface area (Å²) in [5.74, 6) is 0. The number of halogens is 2. The average Bonchev–Trinajstić information content (AvgIpc) is 0. The summed E-state index contributed by atoms with van der Waals surface area (Å²) in [5, 5.41) is 0. The van der Waals surface area contributed by atoms with Crippen LogP contribution in [0.1, 0.15) is 0 Å². The zero-order chi connectivity index (χ0) is 0. The molecule has 0 aliphatic carbocycles. The van der Waals surface area contributed by atoms with Crippen LogP contribution in [0.4, 0.5) is 0 Å². The van der Waals surface area contributed by atoms with Crippen LogP contribution in [0.5, 0.6) is 0 Å². The van der Waals surface area contributed by atoms with Crippen molar-refractivity contribution in [2.45, 2.75) is 0 Å². The summed E-state index contributed by atoms with van der Waals surface area (Å²) in [4.78, 5) is 0. The van der Waals surface area contributed by atoms with Gasteiger partial charge in [-0.25, -0.2) is 0 Å². The third-order valence-electron chi connectivity index (χ3n) is 0. The van der Waals surface area contributed by atoms with Crippen molar-refractivity contribution in [2.75, 3.05) is 0 Å². The first-order valence-electron chi connectivity index (χ1n) is 0. The minimum Gasteiger partial charge on any atom is -1.00 e. The Morgan fingerprint density at radius 3 is 0.750 bits per heavy atom. The summed E-state index contributed by atoms with van der Waals surface area (Å²) >= 11 is 0. The molecule has 0 aliphatic heterocycles. The number of hydrogen-bond acceptors (Lipinski definition) is 0. The van der Waals surface area contributed by atoms with Crippen molar-refractivity contribution in [1.82, 2.24) is 6.15 Å². The van der Waals surface area contributed by atoms with Crippen LogP contribution in [0.2, 0.25) is 0 Å². The van der Waals surface area contributed by atoms with Gasteiger partial charge in [-0.1, -0.05) is 0 Å². The Morgan fingerprint density at radius 2 is 0.750 bits per heavy atom. The Labute approximate surface area is 38.0 Å². The Kier molecular flexibility index (Phi) is 3940. The molecule has 0 spiro atoms. The van der Waals surface area contributed by atoms with Gasteiger partial charge < -0.3 is 15.6 Å². The topological polar surface area (TPSA) is 36.5 Å². The molecule has 0 atom stereocenters. The number of rotatable bonds is 0. The zero-order valence-corrected chi connectivity index (χ0v) is 3.82. The standard InChI is InChI=1S/2FH.H3N.Ti/h2*1H;1H3;/q;;;+1/p-1. The van der Waals surface area contributed by atoms with E-state index in [0.29, 0.717) is 0 Å². The summed E-state index contributed by atoms with van der Waals surface area (Å²) in [6.45, 7) is 0. The van der Waals surface area contributed by atoms with Gasteiger partial charge in [0.15, 0.2) is 0 Å². The minimum atomic E-state index is 0. The molecule has 1 radical (unpaired) electrons. The molecule has 0 heterocycles. The molecule has 4 N–H and O–H groups in total. The molecular weight excluding hydrogens is 99.9 g/mol. The van der Waals surface area contributed by atoms with Crippen LogP contribution < -0.4 is 15.6 Å². The van der Waals surface area contributed by atoms with Gasteiger partial charge in [-0.15, -0.1) is 0 Å². The molecule has 0 saturated carbocycles. The van der Waals surface area contributed by atoms with E-state index in [1.807, 2.05) is 0 Å². The molecule has 0 saturated heterocycles. The van der Waals surface area contributed by atoms with E-state index in [2.05, 4.69) is 0 Å². The fourth-order valence-electron chi connectivity index (χ4n) is 0. The van der Waals surface area contributed by atoms with Crippen LogP contribution in [0, 0.1) is 0 Å². The monoisotopic (exact) mass is 104 g/mol. The van der Waals surface area contributed by atoms with Gasteiger partial charge in [0, 0.05) is 0 Å². The second-order valence-corrected chi connectivity index (χ2v) is 0. The molecule has 0 aromatic carbocycles. The fourth-order valence-corrected chi connectivity index (χ4v) is 0. The molecule has 0 unspecified atom stereocenters. The third kappa shape index (κ3) is 20.9. The van der Waals surface area contributed by atoms with Crippen molar-refractivity contribution in [3.8, 4) is 0 Å². The molecule has 4 heteroatoms. The van der Waals surface area contributed by atoms with Crippen molar-refractivity contribution < 1.29 is 31.1 Å². The first-order chi connectivity index (χ1) is 0. The van der Waals surface area contributed by atoms with Gasteiger partial charge in [0.05, 0.1) is 0 Å². The molecule has 0 aromatic heterocycles. The Morgan fingerprint density at radius 1 is 0.750 bits per heavy atom. The maximum Gasteiger partial charge on any atom is 1.00 e. The van der Waals surface area contributed by atoms with Crippen LogP contribution in [0.15, 0.2) is 0 Å². The molecular formula is H4F2NTi. The largest absolute Gasteiger partial charge is 1.00 e. The third-order valence-corrected chi connectivity index (χ3v) is 0. The molecule has 0 amide bonds. The normalized spacial score (nSPS) is 0. The second-order valence-electron chi connectivity index (χ2n) is 0. The summed E-state index contributed by atoms with van der Waals surface area (Å²) in [6, 6.07) is 0.